The Balaban J connectivity index is 2.84. The number of sulfonamides is 1. The van der Waals surface area contributed by atoms with Crippen molar-refractivity contribution in [2.75, 3.05) is 6.26 Å². The molecule has 0 aliphatic rings. The number of primary sulfonamides is 1. The van der Waals surface area contributed by atoms with Crippen LogP contribution in [0.25, 0.3) is 5.65 Å². The lowest BCUT2D eigenvalue weighted by molar-refractivity contribution is 0.598. The molecule has 0 saturated heterocycles. The number of nitrogens with zero attached hydrogens (tertiary/aromatic N) is 3. The van der Waals surface area contributed by atoms with E-state index >= 15 is 0 Å². The van der Waals surface area contributed by atoms with Crippen LogP contribution in [0.5, 0.6) is 0 Å². The van der Waals surface area contributed by atoms with E-state index in [0.717, 1.165) is 0 Å². The average molecular weight is 244 g/mol. The van der Waals surface area contributed by atoms with Crippen molar-refractivity contribution in [3.05, 3.63) is 18.3 Å². The molecule has 2 rings (SSSR count). The maximum atomic E-state index is 11.2. The number of hydrogen-bond acceptors (Lipinski definition) is 5. The van der Waals surface area contributed by atoms with Gasteiger partial charge in [-0.3, -0.25) is 4.40 Å². The van der Waals surface area contributed by atoms with Crippen molar-refractivity contribution in [1.29, 1.82) is 0 Å². The van der Waals surface area contributed by atoms with Gasteiger partial charge in [-0.25, -0.2) is 13.6 Å². The lowest BCUT2D eigenvalue weighted by atomic mass is 10.5. The Morgan fingerprint density at radius 3 is 2.80 bits per heavy atom. The second-order valence-corrected chi connectivity index (χ2v) is 5.10. The minimum Gasteiger partial charge on any atom is -0.276 e. The standard InChI is InChI=1S/C7H8N4O2S2/c1-14-7-10-9-6-5(15(8,12)13)3-2-4-11(6)7/h2-4H,1H3,(H2,8,12,13). The van der Waals surface area contributed by atoms with Gasteiger partial charge in [0.1, 0.15) is 4.90 Å². The number of thioether (sulfide) groups is 1. The summed E-state index contributed by atoms with van der Waals surface area (Å²) in [5.74, 6) is 0. The maximum Gasteiger partial charge on any atom is 0.241 e. The van der Waals surface area contributed by atoms with Gasteiger partial charge in [0.05, 0.1) is 0 Å². The largest absolute Gasteiger partial charge is 0.276 e. The van der Waals surface area contributed by atoms with Crippen LogP contribution in [0.2, 0.25) is 0 Å². The second kappa shape index (κ2) is 3.47. The highest BCUT2D eigenvalue weighted by Crippen LogP contribution is 2.18. The molecule has 0 amide bonds. The smallest absolute Gasteiger partial charge is 0.241 e. The van der Waals surface area contributed by atoms with E-state index in [2.05, 4.69) is 10.2 Å². The van der Waals surface area contributed by atoms with Crippen LogP contribution in [0.1, 0.15) is 0 Å². The highest BCUT2D eigenvalue weighted by Gasteiger charge is 2.16. The zero-order valence-electron chi connectivity index (χ0n) is 7.78. The molecule has 0 bridgehead atoms. The van der Waals surface area contributed by atoms with Crippen LogP contribution in [0.4, 0.5) is 0 Å². The zero-order valence-corrected chi connectivity index (χ0v) is 9.42. The molecule has 0 aromatic carbocycles. The Bertz CT molecular complexity index is 604. The van der Waals surface area contributed by atoms with E-state index in [1.54, 1.807) is 16.7 Å². The van der Waals surface area contributed by atoms with Gasteiger partial charge in [0.15, 0.2) is 10.8 Å². The number of nitrogens with two attached hydrogens (primary N) is 1. The highest BCUT2D eigenvalue weighted by molar-refractivity contribution is 7.98. The Hall–Kier alpha value is -1.12. The highest BCUT2D eigenvalue weighted by atomic mass is 32.2. The minimum absolute atomic E-state index is 0.0159. The third kappa shape index (κ3) is 1.71. The molecule has 15 heavy (non-hydrogen) atoms. The summed E-state index contributed by atoms with van der Waals surface area (Å²) in [4.78, 5) is -0.0159. The van der Waals surface area contributed by atoms with Gasteiger partial charge in [-0.05, 0) is 18.4 Å². The van der Waals surface area contributed by atoms with Crippen LogP contribution in [0.3, 0.4) is 0 Å². The van der Waals surface area contributed by atoms with Gasteiger partial charge in [0.25, 0.3) is 0 Å². The van der Waals surface area contributed by atoms with E-state index in [1.807, 2.05) is 6.26 Å². The third-order valence-electron chi connectivity index (χ3n) is 1.86. The third-order valence-corrected chi connectivity index (χ3v) is 3.43. The van der Waals surface area contributed by atoms with Crippen LogP contribution >= 0.6 is 11.8 Å². The molecule has 6 nitrogen and oxygen atoms in total. The van der Waals surface area contributed by atoms with E-state index in [0.29, 0.717) is 5.16 Å². The molecule has 0 unspecified atom stereocenters. The Labute approximate surface area is 90.5 Å². The zero-order chi connectivity index (χ0) is 11.1. The summed E-state index contributed by atoms with van der Waals surface area (Å²) in [6.07, 6.45) is 3.52. The quantitative estimate of drug-likeness (QED) is 0.756. The maximum absolute atomic E-state index is 11.2. The van der Waals surface area contributed by atoms with Crippen molar-refractivity contribution in [2.45, 2.75) is 10.1 Å². The van der Waals surface area contributed by atoms with Gasteiger partial charge < -0.3 is 0 Å². The molecule has 0 aliphatic carbocycles. The molecule has 2 heterocycles. The van der Waals surface area contributed by atoms with Gasteiger partial charge in [-0.2, -0.15) is 0 Å². The number of fused-ring (bicyclic) bond motifs is 1. The SMILES string of the molecule is CSc1nnc2c(S(N)(=O)=O)cccn12. The number of aromatic nitrogens is 3. The van der Waals surface area contributed by atoms with Crippen molar-refractivity contribution >= 4 is 27.4 Å². The first-order chi connectivity index (χ1) is 7.04. The van der Waals surface area contributed by atoms with Gasteiger partial charge in [0.2, 0.25) is 10.0 Å². The van der Waals surface area contributed by atoms with Crippen molar-refractivity contribution in [3.63, 3.8) is 0 Å². The molecule has 2 aromatic rings. The van der Waals surface area contributed by atoms with E-state index < -0.39 is 10.0 Å². The van der Waals surface area contributed by atoms with E-state index in [1.165, 1.54) is 17.8 Å². The molecule has 0 fully saturated rings. The van der Waals surface area contributed by atoms with Crippen LogP contribution < -0.4 is 5.14 Å². The molecule has 2 N–H and O–H groups in total. The summed E-state index contributed by atoms with van der Waals surface area (Å²) in [6, 6.07) is 3.00. The Morgan fingerprint density at radius 2 is 2.20 bits per heavy atom. The predicted octanol–water partition coefficient (Wildman–Crippen LogP) is 0.0986. The first-order valence-electron chi connectivity index (χ1n) is 3.94. The fourth-order valence-corrected chi connectivity index (χ4v) is 2.36. The second-order valence-electron chi connectivity index (χ2n) is 2.80. The topological polar surface area (TPSA) is 90.3 Å². The summed E-state index contributed by atoms with van der Waals surface area (Å²) in [5.41, 5.74) is 0.254. The van der Waals surface area contributed by atoms with Gasteiger partial charge in [0, 0.05) is 6.20 Å². The molecule has 8 heteroatoms. The normalized spacial score (nSPS) is 12.1. The number of hydrogen-bond donors (Lipinski definition) is 1. The molecular weight excluding hydrogens is 236 g/mol. The van der Waals surface area contributed by atoms with Crippen molar-refractivity contribution in [1.82, 2.24) is 14.6 Å². The molecule has 0 saturated carbocycles. The van der Waals surface area contributed by atoms with Crippen LogP contribution in [-0.4, -0.2) is 29.3 Å². The number of rotatable bonds is 2. The molecular formula is C7H8N4O2S2. The van der Waals surface area contributed by atoms with Crippen molar-refractivity contribution in [3.8, 4) is 0 Å². The summed E-state index contributed by atoms with van der Waals surface area (Å²) >= 11 is 1.38. The van der Waals surface area contributed by atoms with Crippen molar-refractivity contribution < 1.29 is 8.42 Å². The summed E-state index contributed by atoms with van der Waals surface area (Å²) < 4.78 is 24.1. The fraction of sp³-hybridized carbons (Fsp3) is 0.143. The molecule has 0 radical (unpaired) electrons. The predicted molar refractivity (Wildman–Crippen MR) is 56.1 cm³/mol. The summed E-state index contributed by atoms with van der Waals surface area (Å²) in [6.45, 7) is 0. The van der Waals surface area contributed by atoms with E-state index in [-0.39, 0.29) is 10.5 Å². The van der Waals surface area contributed by atoms with Crippen LogP contribution in [0, 0.1) is 0 Å². The first kappa shape index (κ1) is 10.4. The molecule has 80 valence electrons. The Morgan fingerprint density at radius 1 is 1.47 bits per heavy atom. The van der Waals surface area contributed by atoms with E-state index in [9.17, 15) is 8.42 Å². The molecule has 0 aliphatic heterocycles. The minimum atomic E-state index is -3.76. The van der Waals surface area contributed by atoms with Crippen LogP contribution in [-0.2, 0) is 10.0 Å². The Kier molecular flexibility index (Phi) is 2.41. The van der Waals surface area contributed by atoms with Crippen molar-refractivity contribution in [2.24, 2.45) is 5.14 Å². The summed E-state index contributed by atoms with van der Waals surface area (Å²) in [7, 11) is -3.76. The number of pyridine rings is 1. The lowest BCUT2D eigenvalue weighted by Crippen LogP contribution is -2.13. The van der Waals surface area contributed by atoms with Gasteiger partial charge in [-0.15, -0.1) is 10.2 Å². The fourth-order valence-electron chi connectivity index (χ4n) is 1.23. The monoisotopic (exact) mass is 244 g/mol. The molecule has 2 aromatic heterocycles. The lowest BCUT2D eigenvalue weighted by Gasteiger charge is -2.00. The summed E-state index contributed by atoms with van der Waals surface area (Å²) in [5, 5.41) is 13.3. The molecule has 0 spiro atoms. The first-order valence-corrected chi connectivity index (χ1v) is 6.71. The average Bonchev–Trinajstić information content (AvgIpc) is 2.58. The molecule has 0 atom stereocenters. The van der Waals surface area contributed by atoms with Crippen LogP contribution in [0.15, 0.2) is 28.4 Å². The van der Waals surface area contributed by atoms with Gasteiger partial charge in [-0.1, -0.05) is 11.8 Å². The van der Waals surface area contributed by atoms with E-state index in [4.69, 9.17) is 5.14 Å². The van der Waals surface area contributed by atoms with Gasteiger partial charge >= 0.3 is 0 Å².